The third-order valence-electron chi connectivity index (χ3n) is 8.00. The summed E-state index contributed by atoms with van der Waals surface area (Å²) in [5.41, 5.74) is 9.55. The number of quaternary nitrogens is 1. The molecule has 14 heteroatoms. The maximum Gasteiger partial charge on any atom is 2.00 e. The van der Waals surface area contributed by atoms with Gasteiger partial charge < -0.3 is 60.4 Å². The molecule has 0 spiro atoms. The Labute approximate surface area is 281 Å². The van der Waals surface area contributed by atoms with Crippen molar-refractivity contribution < 1.29 is 70.0 Å². The van der Waals surface area contributed by atoms with E-state index in [1.807, 2.05) is 6.92 Å². The van der Waals surface area contributed by atoms with Crippen LogP contribution in [0.3, 0.4) is 0 Å². The number of carbonyl (C=O) groups excluding carboxylic acids is 1. The first kappa shape index (κ1) is 48.4. The minimum Gasteiger partial charge on any atom is -0.790 e. The number of aliphatic hydroxyl groups excluding tert-OH is 2. The molecule has 2 aliphatic carbocycles. The molecule has 2 aliphatic rings. The summed E-state index contributed by atoms with van der Waals surface area (Å²) < 4.78 is 9.69. The Hall–Kier alpha value is 0.0283. The van der Waals surface area contributed by atoms with E-state index in [0.717, 1.165) is 81.7 Å². The summed E-state index contributed by atoms with van der Waals surface area (Å²) in [7, 11) is -0.610. The molecule has 0 aromatic rings. The van der Waals surface area contributed by atoms with Crippen LogP contribution < -0.4 is 26.4 Å². The minimum absolute atomic E-state index is 0. The number of aliphatic hydroxyl groups is 3. The second-order valence-electron chi connectivity index (χ2n) is 12.9. The van der Waals surface area contributed by atoms with Crippen LogP contribution in [0.25, 0.3) is 0 Å². The third kappa shape index (κ3) is 32.0. The molecule has 1 atom stereocenters. The van der Waals surface area contributed by atoms with Crippen molar-refractivity contribution in [2.45, 2.75) is 159 Å². The van der Waals surface area contributed by atoms with Crippen LogP contribution in [-0.4, -0.2) is 87.7 Å². The first-order chi connectivity index (χ1) is 19.8. The first-order valence-electron chi connectivity index (χ1n) is 16.2. The van der Waals surface area contributed by atoms with Crippen molar-refractivity contribution in [1.29, 1.82) is 0 Å². The fourth-order valence-electron chi connectivity index (χ4n) is 5.16. The number of carboxylic acids is 1. The molecular formula is C30H64N3O9PPt. The van der Waals surface area contributed by atoms with Crippen LogP contribution in [0.15, 0.2) is 0 Å². The second kappa shape index (κ2) is 27.0. The molecule has 1 unspecified atom stereocenters. The van der Waals surface area contributed by atoms with Gasteiger partial charge in [-0.25, -0.2) is 0 Å². The summed E-state index contributed by atoms with van der Waals surface area (Å²) in [6.07, 6.45) is 16.7. The molecule has 0 aromatic carbocycles. The van der Waals surface area contributed by atoms with E-state index in [4.69, 9.17) is 40.9 Å². The number of carboxylic acid groups (broad SMARTS) is 1. The van der Waals surface area contributed by atoms with Gasteiger partial charge in [-0.05, 0) is 96.3 Å². The molecule has 0 bridgehead atoms. The van der Waals surface area contributed by atoms with Gasteiger partial charge in [0.05, 0.1) is 53.2 Å². The fourth-order valence-corrected chi connectivity index (χ4v) is 5.16. The van der Waals surface area contributed by atoms with Crippen LogP contribution in [0.5, 0.6) is 0 Å². The summed E-state index contributed by atoms with van der Waals surface area (Å²) in [6, 6.07) is 0.719. The molecule has 2 saturated carbocycles. The predicted molar refractivity (Wildman–Crippen MR) is 164 cm³/mol. The van der Waals surface area contributed by atoms with Crippen LogP contribution in [0.1, 0.15) is 129 Å². The van der Waals surface area contributed by atoms with E-state index in [1.54, 1.807) is 0 Å². The van der Waals surface area contributed by atoms with Gasteiger partial charge in [0, 0.05) is 12.1 Å². The van der Waals surface area contributed by atoms with E-state index in [-0.39, 0.29) is 39.7 Å². The maximum absolute atomic E-state index is 11.0. The molecule has 0 aromatic heterocycles. The van der Waals surface area contributed by atoms with E-state index < -0.39 is 19.4 Å². The van der Waals surface area contributed by atoms with E-state index >= 15 is 0 Å². The number of unbranched alkanes of at least 4 members (excludes halogenated alkanes) is 5. The van der Waals surface area contributed by atoms with Crippen molar-refractivity contribution in [1.82, 2.24) is 0 Å². The van der Waals surface area contributed by atoms with Gasteiger partial charge in [0.25, 0.3) is 0 Å². The van der Waals surface area contributed by atoms with Crippen LogP contribution in [-0.2, 0) is 30.4 Å². The largest absolute Gasteiger partial charge is 2.00 e. The molecule has 8 N–H and O–H groups in total. The zero-order chi connectivity index (χ0) is 33.5. The van der Waals surface area contributed by atoms with Gasteiger partial charge in [-0.2, -0.15) is 0 Å². The van der Waals surface area contributed by atoms with Crippen LogP contribution in [0, 0.1) is 0 Å². The van der Waals surface area contributed by atoms with Crippen LogP contribution >= 0.6 is 7.82 Å². The molecule has 0 amide bonds. The average Bonchev–Trinajstić information content (AvgIpc) is 2.90. The Balaban J connectivity index is -0.000000616. The second-order valence-corrected chi connectivity index (χ2v) is 13.9. The third-order valence-corrected chi connectivity index (χ3v) is 8.00. The molecule has 12 nitrogen and oxygen atoms in total. The Bertz CT molecular complexity index is 684. The number of phosphoric acid groups is 1. The average molecular weight is 837 g/mol. The SMILES string of the molecule is CCCCCC[N+](C)(C)CCCCCC(O)(CCC)C(=O)[O-].NC1CCC(O)CC1.NC1CCC(O)CC1.O=P([O-])([O-])O.[Pt+2]. The molecule has 44 heavy (non-hydrogen) atoms. The van der Waals surface area contributed by atoms with Gasteiger partial charge in [-0.15, -0.1) is 0 Å². The summed E-state index contributed by atoms with van der Waals surface area (Å²) in [5, 5.41) is 39.0. The van der Waals surface area contributed by atoms with E-state index in [1.165, 1.54) is 32.2 Å². The first-order valence-corrected chi connectivity index (χ1v) is 17.7. The quantitative estimate of drug-likeness (QED) is 0.0813. The standard InChI is InChI=1S/C18H37NO3.2C6H13NO.H3O4P.Pt/c1-5-7-8-11-15-19(3,4)16-12-9-10-14-18(22,13-6-2)17(20)21;2*7-5-1-3-6(8)4-2-5;1-5(2,3)4;/h22H,5-16H2,1-4H3;2*5-6,8H,1-4,7H2;(H3,1,2,3,4);/q;;;;+2/p-2. The Morgan fingerprint density at radius 1 is 0.773 bits per heavy atom. The minimum atomic E-state index is -5.14. The van der Waals surface area contributed by atoms with Crippen molar-refractivity contribution in [3.63, 3.8) is 0 Å². The summed E-state index contributed by atoms with van der Waals surface area (Å²) in [5.74, 6) is -1.32. The number of nitrogens with zero attached hydrogens (tertiary/aromatic N) is 1. The zero-order valence-corrected chi connectivity index (χ0v) is 30.8. The van der Waals surface area contributed by atoms with Gasteiger partial charge >= 0.3 is 21.1 Å². The molecule has 268 valence electrons. The van der Waals surface area contributed by atoms with Crippen LogP contribution in [0.4, 0.5) is 0 Å². The summed E-state index contributed by atoms with van der Waals surface area (Å²) in [6.45, 7) is 6.43. The summed E-state index contributed by atoms with van der Waals surface area (Å²) >= 11 is 0. The number of nitrogens with two attached hydrogens (primary N) is 2. The molecule has 2 rings (SSSR count). The van der Waals surface area contributed by atoms with Crippen molar-refractivity contribution in [3.05, 3.63) is 0 Å². The monoisotopic (exact) mass is 836 g/mol. The fraction of sp³-hybridized carbons (Fsp3) is 0.967. The van der Waals surface area contributed by atoms with Gasteiger partial charge in [-0.3, -0.25) is 0 Å². The Kier molecular flexibility index (Phi) is 29.7. The Morgan fingerprint density at radius 2 is 1.14 bits per heavy atom. The smallest absolute Gasteiger partial charge is 0.790 e. The van der Waals surface area contributed by atoms with E-state index in [9.17, 15) is 15.0 Å². The maximum atomic E-state index is 11.0. The van der Waals surface area contributed by atoms with Crippen molar-refractivity contribution in [3.8, 4) is 0 Å². The molecule has 0 saturated heterocycles. The number of hydrogen-bond donors (Lipinski definition) is 6. The van der Waals surface area contributed by atoms with Crippen molar-refractivity contribution in [2.24, 2.45) is 11.5 Å². The van der Waals surface area contributed by atoms with Crippen molar-refractivity contribution >= 4 is 13.8 Å². The normalized spacial score (nSPS) is 23.2. The zero-order valence-electron chi connectivity index (χ0n) is 27.6. The topological polar surface area (TPSA) is 236 Å². The van der Waals surface area contributed by atoms with Crippen LogP contribution in [0.2, 0.25) is 0 Å². The number of rotatable bonds is 14. The number of hydrogen-bond acceptors (Lipinski definition) is 10. The van der Waals surface area contributed by atoms with Gasteiger partial charge in [-0.1, -0.05) is 33.1 Å². The molecule has 0 radical (unpaired) electrons. The van der Waals surface area contributed by atoms with Crippen molar-refractivity contribution in [2.75, 3.05) is 27.2 Å². The number of carbonyl (C=O) groups is 1. The van der Waals surface area contributed by atoms with Gasteiger partial charge in [0.15, 0.2) is 0 Å². The Morgan fingerprint density at radius 3 is 1.43 bits per heavy atom. The molecule has 0 heterocycles. The van der Waals surface area contributed by atoms with E-state index in [0.29, 0.717) is 24.9 Å². The molecule has 2 fully saturated rings. The summed E-state index contributed by atoms with van der Waals surface area (Å²) in [4.78, 5) is 35.3. The molecule has 0 aliphatic heterocycles. The molecular weight excluding hydrogens is 772 g/mol. The predicted octanol–water partition coefficient (Wildman–Crippen LogP) is 0.787. The van der Waals surface area contributed by atoms with Gasteiger partial charge in [0.1, 0.15) is 5.60 Å². The van der Waals surface area contributed by atoms with Gasteiger partial charge in [0.2, 0.25) is 0 Å². The number of aliphatic carboxylic acids is 1. The van der Waals surface area contributed by atoms with E-state index in [2.05, 4.69) is 21.0 Å².